The highest BCUT2D eigenvalue weighted by atomic mass is 16.7. The number of benzene rings is 2. The normalized spacial score (nSPS) is 18.0. The number of carbonyl (C=O) groups is 3. The maximum absolute atomic E-state index is 12.0. The lowest BCUT2D eigenvalue weighted by Gasteiger charge is -2.15. The van der Waals surface area contributed by atoms with Crippen molar-refractivity contribution >= 4 is 18.0 Å². The molecule has 1 aliphatic carbocycles. The van der Waals surface area contributed by atoms with E-state index in [2.05, 4.69) is 0 Å². The van der Waals surface area contributed by atoms with Gasteiger partial charge in [-0.15, -0.1) is 0 Å². The van der Waals surface area contributed by atoms with Crippen LogP contribution in [0.25, 0.3) is 11.1 Å². The van der Waals surface area contributed by atoms with E-state index in [-0.39, 0.29) is 25.0 Å². The van der Waals surface area contributed by atoms with Crippen molar-refractivity contribution in [2.75, 3.05) is 19.7 Å². The van der Waals surface area contributed by atoms with Gasteiger partial charge in [0.05, 0.1) is 6.04 Å². The number of esters is 1. The lowest BCUT2D eigenvalue weighted by molar-refractivity contribution is -0.145. The molecule has 0 bridgehead atoms. The Kier molecular flexibility index (Phi) is 4.83. The monoisotopic (exact) mass is 380 g/mol. The van der Waals surface area contributed by atoms with Gasteiger partial charge in [0.25, 0.3) is 0 Å². The molecule has 0 aromatic heterocycles. The fraction of sp³-hybridized carbons (Fsp3) is 0.286. The zero-order chi connectivity index (χ0) is 19.7. The maximum atomic E-state index is 12.0. The van der Waals surface area contributed by atoms with Gasteiger partial charge in [0.1, 0.15) is 13.2 Å². The number of nitrogens with zero attached hydrogens (tertiary/aromatic N) is 1. The van der Waals surface area contributed by atoms with Crippen LogP contribution in [0.5, 0.6) is 0 Å². The Labute approximate surface area is 162 Å². The number of fused-ring (bicyclic) bond motifs is 3. The van der Waals surface area contributed by atoms with Crippen LogP contribution < -0.4 is 5.73 Å². The molecule has 144 valence electrons. The summed E-state index contributed by atoms with van der Waals surface area (Å²) < 4.78 is 9.91. The van der Waals surface area contributed by atoms with Crippen LogP contribution in [0.4, 0.5) is 4.79 Å². The molecule has 1 saturated heterocycles. The summed E-state index contributed by atoms with van der Waals surface area (Å²) >= 11 is 0. The Morgan fingerprint density at radius 1 is 1.04 bits per heavy atom. The number of hydrogen-bond donors (Lipinski definition) is 1. The summed E-state index contributed by atoms with van der Waals surface area (Å²) in [4.78, 5) is 36.9. The summed E-state index contributed by atoms with van der Waals surface area (Å²) in [6.07, 6.45) is -0.584. The molecular weight excluding hydrogens is 360 g/mol. The molecule has 1 amide bonds. The largest absolute Gasteiger partial charge is 0.516 e. The van der Waals surface area contributed by atoms with Crippen molar-refractivity contribution in [1.82, 2.24) is 4.90 Å². The van der Waals surface area contributed by atoms with Crippen LogP contribution in [0.3, 0.4) is 0 Å². The molecule has 1 fully saturated rings. The molecule has 1 heterocycles. The first-order valence-electron chi connectivity index (χ1n) is 9.14. The van der Waals surface area contributed by atoms with Crippen molar-refractivity contribution in [3.05, 3.63) is 59.7 Å². The van der Waals surface area contributed by atoms with Crippen molar-refractivity contribution in [2.24, 2.45) is 5.73 Å². The van der Waals surface area contributed by atoms with Crippen molar-refractivity contribution in [3.8, 4) is 11.1 Å². The fourth-order valence-electron chi connectivity index (χ4n) is 3.82. The van der Waals surface area contributed by atoms with Gasteiger partial charge in [-0.25, -0.2) is 9.59 Å². The predicted molar refractivity (Wildman–Crippen MR) is 100 cm³/mol. The van der Waals surface area contributed by atoms with Crippen molar-refractivity contribution in [3.63, 3.8) is 0 Å². The van der Waals surface area contributed by atoms with E-state index in [1.54, 1.807) is 0 Å². The average molecular weight is 380 g/mol. The van der Waals surface area contributed by atoms with Crippen LogP contribution >= 0.6 is 0 Å². The van der Waals surface area contributed by atoms with Crippen LogP contribution in [-0.2, 0) is 19.1 Å². The van der Waals surface area contributed by atoms with Crippen molar-refractivity contribution in [1.29, 1.82) is 0 Å². The van der Waals surface area contributed by atoms with Gasteiger partial charge >= 0.3 is 12.1 Å². The molecule has 2 aromatic rings. The van der Waals surface area contributed by atoms with Gasteiger partial charge in [-0.2, -0.15) is 0 Å². The molecule has 4 rings (SSSR count). The topological polar surface area (TPSA) is 98.9 Å². The quantitative estimate of drug-likeness (QED) is 0.644. The molecule has 2 N–H and O–H groups in total. The number of carbonyl (C=O) groups excluding carboxylic acids is 3. The third-order valence-corrected chi connectivity index (χ3v) is 5.19. The fourth-order valence-corrected chi connectivity index (χ4v) is 3.82. The average Bonchev–Trinajstić information content (AvgIpc) is 3.18. The van der Waals surface area contributed by atoms with E-state index in [1.165, 1.54) is 4.90 Å². The predicted octanol–water partition coefficient (Wildman–Crippen LogP) is 2.04. The summed E-state index contributed by atoms with van der Waals surface area (Å²) in [5.74, 6) is -1.27. The standard InChI is InChI=1S/C21H20N2O5/c22-18-9-10-23(20(18)25)11-19(24)28-21(26)27-12-17-15-7-3-1-5-13(15)14-6-2-4-8-16(14)17/h1-8,17-18H,9-12,22H2. The molecule has 0 saturated carbocycles. The summed E-state index contributed by atoms with van der Waals surface area (Å²) in [7, 11) is 0. The smallest absolute Gasteiger partial charge is 0.433 e. The van der Waals surface area contributed by atoms with Crippen LogP contribution in [0.15, 0.2) is 48.5 Å². The van der Waals surface area contributed by atoms with E-state index in [9.17, 15) is 14.4 Å². The number of likely N-dealkylation sites (tertiary alicyclic amines) is 1. The Hall–Kier alpha value is -3.19. The zero-order valence-corrected chi connectivity index (χ0v) is 15.2. The number of rotatable bonds is 4. The number of hydrogen-bond acceptors (Lipinski definition) is 6. The Balaban J connectivity index is 1.36. The molecule has 1 atom stereocenters. The second-order valence-electron chi connectivity index (χ2n) is 6.92. The molecule has 28 heavy (non-hydrogen) atoms. The minimum Gasteiger partial charge on any atom is -0.433 e. The number of nitrogens with two attached hydrogens (primary N) is 1. The van der Waals surface area contributed by atoms with E-state index in [1.807, 2.05) is 48.5 Å². The minimum absolute atomic E-state index is 0.0632. The first kappa shape index (κ1) is 18.2. The van der Waals surface area contributed by atoms with Gasteiger partial charge in [-0.3, -0.25) is 4.79 Å². The highest BCUT2D eigenvalue weighted by Crippen LogP contribution is 2.44. The summed E-state index contributed by atoms with van der Waals surface area (Å²) in [6.45, 7) is 0.129. The van der Waals surface area contributed by atoms with Crippen LogP contribution in [0, 0.1) is 0 Å². The lowest BCUT2D eigenvalue weighted by Crippen LogP contribution is -2.38. The first-order chi connectivity index (χ1) is 13.5. The molecule has 7 heteroatoms. The van der Waals surface area contributed by atoms with Gasteiger partial charge in [-0.1, -0.05) is 48.5 Å². The molecule has 1 unspecified atom stereocenters. The molecule has 2 aromatic carbocycles. The highest BCUT2D eigenvalue weighted by Gasteiger charge is 2.32. The second-order valence-corrected chi connectivity index (χ2v) is 6.92. The maximum Gasteiger partial charge on any atom is 0.516 e. The minimum atomic E-state index is -1.07. The van der Waals surface area contributed by atoms with Gasteiger partial charge in [0, 0.05) is 12.5 Å². The Morgan fingerprint density at radius 2 is 1.64 bits per heavy atom. The van der Waals surface area contributed by atoms with E-state index in [0.717, 1.165) is 22.3 Å². The zero-order valence-electron chi connectivity index (χ0n) is 15.2. The number of ether oxygens (including phenoxy) is 2. The van der Waals surface area contributed by atoms with E-state index >= 15 is 0 Å². The third-order valence-electron chi connectivity index (χ3n) is 5.19. The molecule has 1 aliphatic heterocycles. The second kappa shape index (κ2) is 7.44. The molecular formula is C21H20N2O5. The van der Waals surface area contributed by atoms with Gasteiger partial charge < -0.3 is 20.1 Å². The lowest BCUT2D eigenvalue weighted by atomic mass is 9.98. The van der Waals surface area contributed by atoms with Crippen LogP contribution in [0.2, 0.25) is 0 Å². The van der Waals surface area contributed by atoms with Gasteiger partial charge in [-0.05, 0) is 28.7 Å². The molecule has 0 spiro atoms. The number of amides is 1. The van der Waals surface area contributed by atoms with Crippen LogP contribution in [0.1, 0.15) is 23.5 Å². The van der Waals surface area contributed by atoms with Crippen molar-refractivity contribution < 1.29 is 23.9 Å². The molecule has 7 nitrogen and oxygen atoms in total. The molecule has 2 aliphatic rings. The third kappa shape index (κ3) is 3.36. The Morgan fingerprint density at radius 3 is 2.21 bits per heavy atom. The van der Waals surface area contributed by atoms with Crippen molar-refractivity contribution in [2.45, 2.75) is 18.4 Å². The SMILES string of the molecule is NC1CCN(CC(=O)OC(=O)OCC2c3ccccc3-c3ccccc32)C1=O. The van der Waals surface area contributed by atoms with E-state index < -0.39 is 18.2 Å². The Bertz CT molecular complexity index is 896. The first-order valence-corrected chi connectivity index (χ1v) is 9.14. The summed E-state index contributed by atoms with van der Waals surface area (Å²) in [5.41, 5.74) is 9.97. The van der Waals surface area contributed by atoms with E-state index in [4.69, 9.17) is 15.2 Å². The van der Waals surface area contributed by atoms with Gasteiger partial charge in [0.2, 0.25) is 5.91 Å². The van der Waals surface area contributed by atoms with E-state index in [0.29, 0.717) is 13.0 Å². The molecule has 0 radical (unpaired) electrons. The van der Waals surface area contributed by atoms with Gasteiger partial charge in [0.15, 0.2) is 0 Å². The summed E-state index contributed by atoms with van der Waals surface area (Å²) in [5, 5.41) is 0. The van der Waals surface area contributed by atoms with Crippen LogP contribution in [-0.4, -0.2) is 48.7 Å². The highest BCUT2D eigenvalue weighted by molar-refractivity contribution is 5.90. The summed E-state index contributed by atoms with van der Waals surface area (Å²) in [6, 6.07) is 15.3.